The van der Waals surface area contributed by atoms with Gasteiger partial charge in [-0.25, -0.2) is 0 Å². The Morgan fingerprint density at radius 3 is 2.67 bits per heavy atom. The van der Waals surface area contributed by atoms with Gasteiger partial charge in [0.15, 0.2) is 11.5 Å². The summed E-state index contributed by atoms with van der Waals surface area (Å²) in [5, 5.41) is 3.47. The van der Waals surface area contributed by atoms with Crippen molar-refractivity contribution in [2.24, 2.45) is 0 Å². The average molecular weight is 285 g/mol. The number of ether oxygens (including phenoxy) is 3. The summed E-state index contributed by atoms with van der Waals surface area (Å²) in [6, 6.07) is 14.2. The van der Waals surface area contributed by atoms with Gasteiger partial charge in [0.2, 0.25) is 0 Å². The lowest BCUT2D eigenvalue weighted by Gasteiger charge is -2.21. The Balaban J connectivity index is 1.76. The Hall–Kier alpha value is -2.36. The van der Waals surface area contributed by atoms with Crippen LogP contribution >= 0.6 is 0 Å². The van der Waals surface area contributed by atoms with Crippen LogP contribution in [0, 0.1) is 0 Å². The number of anilines is 1. The molecule has 0 spiro atoms. The standard InChI is InChI=1S/C17H19NO3/c1-12(13-4-3-5-15(10-13)19-2)18-14-6-7-16-17(11-14)21-9-8-20-16/h3-7,10-12,18H,8-9H2,1-2H3. The second kappa shape index (κ2) is 5.95. The summed E-state index contributed by atoms with van der Waals surface area (Å²) < 4.78 is 16.4. The van der Waals surface area contributed by atoms with Crippen molar-refractivity contribution in [2.45, 2.75) is 13.0 Å². The molecule has 0 saturated carbocycles. The van der Waals surface area contributed by atoms with Crippen LogP contribution < -0.4 is 19.5 Å². The van der Waals surface area contributed by atoms with E-state index in [-0.39, 0.29) is 6.04 Å². The Kier molecular flexibility index (Phi) is 3.86. The highest BCUT2D eigenvalue weighted by Crippen LogP contribution is 2.33. The maximum Gasteiger partial charge on any atom is 0.163 e. The second-order valence-corrected chi connectivity index (χ2v) is 5.00. The lowest BCUT2D eigenvalue weighted by Crippen LogP contribution is -2.15. The van der Waals surface area contributed by atoms with E-state index in [1.807, 2.05) is 36.4 Å². The highest BCUT2D eigenvalue weighted by atomic mass is 16.6. The normalized spacial score (nSPS) is 14.4. The van der Waals surface area contributed by atoms with E-state index < -0.39 is 0 Å². The topological polar surface area (TPSA) is 39.7 Å². The summed E-state index contributed by atoms with van der Waals surface area (Å²) in [4.78, 5) is 0. The van der Waals surface area contributed by atoms with Crippen LogP contribution in [0.2, 0.25) is 0 Å². The molecule has 2 aromatic rings. The van der Waals surface area contributed by atoms with E-state index in [0.717, 1.165) is 22.9 Å². The van der Waals surface area contributed by atoms with Gasteiger partial charge in [-0.3, -0.25) is 0 Å². The summed E-state index contributed by atoms with van der Waals surface area (Å²) in [7, 11) is 1.68. The smallest absolute Gasteiger partial charge is 0.163 e. The van der Waals surface area contributed by atoms with E-state index in [9.17, 15) is 0 Å². The molecule has 0 radical (unpaired) electrons. The van der Waals surface area contributed by atoms with Gasteiger partial charge in [0.1, 0.15) is 19.0 Å². The molecule has 1 atom stereocenters. The van der Waals surface area contributed by atoms with Gasteiger partial charge in [-0.1, -0.05) is 12.1 Å². The van der Waals surface area contributed by atoms with Crippen molar-refractivity contribution in [3.05, 3.63) is 48.0 Å². The molecule has 0 bridgehead atoms. The zero-order chi connectivity index (χ0) is 14.7. The van der Waals surface area contributed by atoms with Crippen LogP contribution in [0.4, 0.5) is 5.69 Å². The maximum atomic E-state index is 5.60. The van der Waals surface area contributed by atoms with Crippen molar-refractivity contribution >= 4 is 5.69 Å². The van der Waals surface area contributed by atoms with Crippen LogP contribution in [0.3, 0.4) is 0 Å². The van der Waals surface area contributed by atoms with Crippen LogP contribution in [-0.2, 0) is 0 Å². The van der Waals surface area contributed by atoms with Crippen molar-refractivity contribution in [1.29, 1.82) is 0 Å². The first-order valence-electron chi connectivity index (χ1n) is 7.06. The van der Waals surface area contributed by atoms with Crippen molar-refractivity contribution in [3.8, 4) is 17.2 Å². The molecule has 0 aromatic heterocycles. The second-order valence-electron chi connectivity index (χ2n) is 5.00. The zero-order valence-electron chi connectivity index (χ0n) is 12.3. The summed E-state index contributed by atoms with van der Waals surface area (Å²) in [6.45, 7) is 3.33. The van der Waals surface area contributed by atoms with Gasteiger partial charge in [0.25, 0.3) is 0 Å². The quantitative estimate of drug-likeness (QED) is 0.931. The van der Waals surface area contributed by atoms with Crippen LogP contribution in [0.15, 0.2) is 42.5 Å². The van der Waals surface area contributed by atoms with E-state index in [1.165, 1.54) is 5.56 Å². The average Bonchev–Trinajstić information content (AvgIpc) is 2.54. The van der Waals surface area contributed by atoms with Gasteiger partial charge in [-0.15, -0.1) is 0 Å². The van der Waals surface area contributed by atoms with E-state index in [4.69, 9.17) is 14.2 Å². The third kappa shape index (κ3) is 3.05. The molecule has 0 saturated heterocycles. The number of rotatable bonds is 4. The molecule has 1 aliphatic heterocycles. The molecule has 4 heteroatoms. The van der Waals surface area contributed by atoms with E-state index in [1.54, 1.807) is 7.11 Å². The van der Waals surface area contributed by atoms with Crippen molar-refractivity contribution < 1.29 is 14.2 Å². The molecular formula is C17H19NO3. The van der Waals surface area contributed by atoms with Gasteiger partial charge < -0.3 is 19.5 Å². The monoisotopic (exact) mass is 285 g/mol. The molecule has 3 rings (SSSR count). The first kappa shape index (κ1) is 13.6. The molecule has 4 nitrogen and oxygen atoms in total. The summed E-state index contributed by atoms with van der Waals surface area (Å²) in [6.07, 6.45) is 0. The first-order valence-corrected chi connectivity index (χ1v) is 7.06. The minimum atomic E-state index is 0.169. The van der Waals surface area contributed by atoms with E-state index in [2.05, 4.69) is 18.3 Å². The molecule has 0 amide bonds. The Morgan fingerprint density at radius 2 is 1.86 bits per heavy atom. The number of hydrogen-bond donors (Lipinski definition) is 1. The third-order valence-electron chi connectivity index (χ3n) is 3.52. The van der Waals surface area contributed by atoms with Gasteiger partial charge in [0, 0.05) is 17.8 Å². The largest absolute Gasteiger partial charge is 0.497 e. The number of fused-ring (bicyclic) bond motifs is 1. The highest BCUT2D eigenvalue weighted by molar-refractivity contribution is 5.56. The molecule has 1 aliphatic rings. The fourth-order valence-corrected chi connectivity index (χ4v) is 2.38. The predicted octanol–water partition coefficient (Wildman–Crippen LogP) is 3.64. The summed E-state index contributed by atoms with van der Waals surface area (Å²) >= 11 is 0. The molecular weight excluding hydrogens is 266 g/mol. The lowest BCUT2D eigenvalue weighted by molar-refractivity contribution is 0.171. The molecule has 0 fully saturated rings. The third-order valence-corrected chi connectivity index (χ3v) is 3.52. The maximum absolute atomic E-state index is 5.60. The van der Waals surface area contributed by atoms with Gasteiger partial charge in [0.05, 0.1) is 7.11 Å². The van der Waals surface area contributed by atoms with Gasteiger partial charge in [-0.05, 0) is 36.8 Å². The summed E-state index contributed by atoms with van der Waals surface area (Å²) in [5.74, 6) is 2.47. The number of benzene rings is 2. The van der Waals surface area contributed by atoms with Crippen LogP contribution in [0.1, 0.15) is 18.5 Å². The highest BCUT2D eigenvalue weighted by Gasteiger charge is 2.13. The van der Waals surface area contributed by atoms with Gasteiger partial charge in [-0.2, -0.15) is 0 Å². The Morgan fingerprint density at radius 1 is 1.05 bits per heavy atom. The van der Waals surface area contributed by atoms with Crippen LogP contribution in [0.5, 0.6) is 17.2 Å². The number of nitrogens with one attached hydrogen (secondary N) is 1. The minimum absolute atomic E-state index is 0.169. The van der Waals surface area contributed by atoms with Crippen molar-refractivity contribution in [1.82, 2.24) is 0 Å². The van der Waals surface area contributed by atoms with Crippen LogP contribution in [0.25, 0.3) is 0 Å². The molecule has 1 N–H and O–H groups in total. The molecule has 2 aromatic carbocycles. The van der Waals surface area contributed by atoms with E-state index >= 15 is 0 Å². The zero-order valence-corrected chi connectivity index (χ0v) is 12.3. The number of methoxy groups -OCH3 is 1. The first-order chi connectivity index (χ1) is 10.3. The molecule has 21 heavy (non-hydrogen) atoms. The summed E-state index contributed by atoms with van der Waals surface area (Å²) in [5.41, 5.74) is 2.18. The molecule has 0 aliphatic carbocycles. The SMILES string of the molecule is COc1cccc(C(C)Nc2ccc3c(c2)OCCO3)c1. The Bertz CT molecular complexity index is 627. The minimum Gasteiger partial charge on any atom is -0.497 e. The fraction of sp³-hybridized carbons (Fsp3) is 0.294. The predicted molar refractivity (Wildman–Crippen MR) is 82.5 cm³/mol. The molecule has 1 unspecified atom stereocenters. The van der Waals surface area contributed by atoms with Crippen LogP contribution in [-0.4, -0.2) is 20.3 Å². The lowest BCUT2D eigenvalue weighted by atomic mass is 10.1. The fourth-order valence-electron chi connectivity index (χ4n) is 2.38. The Labute approximate surface area is 124 Å². The molecule has 1 heterocycles. The van der Waals surface area contributed by atoms with Crippen molar-refractivity contribution in [3.63, 3.8) is 0 Å². The van der Waals surface area contributed by atoms with Gasteiger partial charge >= 0.3 is 0 Å². The molecule has 110 valence electrons. The number of hydrogen-bond acceptors (Lipinski definition) is 4. The van der Waals surface area contributed by atoms with E-state index in [0.29, 0.717) is 13.2 Å². The van der Waals surface area contributed by atoms with Crippen molar-refractivity contribution in [2.75, 3.05) is 25.6 Å².